The summed E-state index contributed by atoms with van der Waals surface area (Å²) < 4.78 is 31.8. The van der Waals surface area contributed by atoms with Crippen molar-refractivity contribution in [3.63, 3.8) is 0 Å². The van der Waals surface area contributed by atoms with Gasteiger partial charge in [-0.3, -0.25) is 0 Å². The number of benzene rings is 5. The van der Waals surface area contributed by atoms with Crippen molar-refractivity contribution in [3.05, 3.63) is 115 Å². The van der Waals surface area contributed by atoms with Gasteiger partial charge >= 0.3 is 7.82 Å². The summed E-state index contributed by atoms with van der Waals surface area (Å²) in [6.45, 7) is 6.41. The molecular formula is C30H27O4P. The van der Waals surface area contributed by atoms with Gasteiger partial charge in [0.05, 0.1) is 0 Å². The van der Waals surface area contributed by atoms with Gasteiger partial charge in [-0.15, -0.1) is 0 Å². The molecule has 0 heterocycles. The van der Waals surface area contributed by atoms with E-state index in [1.807, 2.05) is 84.9 Å². The molecule has 4 nitrogen and oxygen atoms in total. The van der Waals surface area contributed by atoms with Crippen LogP contribution in [0, 0.1) is 0 Å². The normalized spacial score (nSPS) is 12.0. The summed E-state index contributed by atoms with van der Waals surface area (Å²) in [4.78, 5) is 0. The van der Waals surface area contributed by atoms with Gasteiger partial charge in [0.2, 0.25) is 0 Å². The van der Waals surface area contributed by atoms with Crippen LogP contribution in [-0.4, -0.2) is 0 Å². The van der Waals surface area contributed by atoms with Crippen LogP contribution in [0.25, 0.3) is 21.5 Å². The van der Waals surface area contributed by atoms with Gasteiger partial charge in [0.15, 0.2) is 0 Å². The molecular weight excluding hydrogens is 455 g/mol. The van der Waals surface area contributed by atoms with Crippen LogP contribution in [0.5, 0.6) is 17.2 Å². The molecule has 35 heavy (non-hydrogen) atoms. The van der Waals surface area contributed by atoms with Crippen molar-refractivity contribution in [2.24, 2.45) is 0 Å². The van der Waals surface area contributed by atoms with Gasteiger partial charge in [-0.2, -0.15) is 4.57 Å². The van der Waals surface area contributed by atoms with Gasteiger partial charge in [-0.1, -0.05) is 93.6 Å². The Morgan fingerprint density at radius 1 is 0.514 bits per heavy atom. The molecule has 5 aromatic carbocycles. The molecule has 0 atom stereocenters. The third-order valence-corrected chi connectivity index (χ3v) is 7.12. The molecule has 0 bridgehead atoms. The Kier molecular flexibility index (Phi) is 6.00. The second-order valence-electron chi connectivity index (χ2n) is 9.51. The molecule has 0 aliphatic rings. The lowest BCUT2D eigenvalue weighted by atomic mass is 9.87. The number of phosphoric ester groups is 1. The molecule has 0 spiro atoms. The van der Waals surface area contributed by atoms with E-state index in [1.54, 1.807) is 24.3 Å². The van der Waals surface area contributed by atoms with E-state index in [2.05, 4.69) is 20.8 Å². The zero-order valence-corrected chi connectivity index (χ0v) is 20.9. The molecule has 5 rings (SSSR count). The highest BCUT2D eigenvalue weighted by Crippen LogP contribution is 2.50. The molecule has 0 radical (unpaired) electrons. The van der Waals surface area contributed by atoms with Gasteiger partial charge in [0.1, 0.15) is 17.2 Å². The molecule has 0 aliphatic heterocycles. The van der Waals surface area contributed by atoms with Crippen LogP contribution in [0.1, 0.15) is 26.3 Å². The van der Waals surface area contributed by atoms with E-state index in [0.717, 1.165) is 27.1 Å². The summed E-state index contributed by atoms with van der Waals surface area (Å²) in [5, 5.41) is 4.06. The van der Waals surface area contributed by atoms with Crippen molar-refractivity contribution < 1.29 is 18.1 Å². The fourth-order valence-corrected chi connectivity index (χ4v) is 5.14. The summed E-state index contributed by atoms with van der Waals surface area (Å²) >= 11 is 0. The predicted molar refractivity (Wildman–Crippen MR) is 143 cm³/mol. The number of fused-ring (bicyclic) bond motifs is 2. The Morgan fingerprint density at radius 2 is 0.914 bits per heavy atom. The fourth-order valence-electron chi connectivity index (χ4n) is 3.91. The first-order valence-corrected chi connectivity index (χ1v) is 13.0. The average molecular weight is 483 g/mol. The summed E-state index contributed by atoms with van der Waals surface area (Å²) in [6, 6.07) is 34.4. The fraction of sp³-hybridized carbons (Fsp3) is 0.133. The van der Waals surface area contributed by atoms with Crippen LogP contribution in [0.15, 0.2) is 109 Å². The Labute approximate surface area is 205 Å². The van der Waals surface area contributed by atoms with Gasteiger partial charge in [-0.05, 0) is 68.9 Å². The summed E-state index contributed by atoms with van der Waals surface area (Å²) in [6.07, 6.45) is 0. The van der Waals surface area contributed by atoms with Crippen molar-refractivity contribution in [2.75, 3.05) is 0 Å². The topological polar surface area (TPSA) is 44.8 Å². The van der Waals surface area contributed by atoms with Crippen LogP contribution in [0.2, 0.25) is 0 Å². The molecule has 0 saturated carbocycles. The maximum Gasteiger partial charge on any atom is 0.647 e. The van der Waals surface area contributed by atoms with Crippen LogP contribution >= 0.6 is 7.82 Å². The van der Waals surface area contributed by atoms with Gasteiger partial charge in [0.25, 0.3) is 0 Å². The van der Waals surface area contributed by atoms with Crippen molar-refractivity contribution in [2.45, 2.75) is 26.2 Å². The number of hydrogen-bond acceptors (Lipinski definition) is 4. The van der Waals surface area contributed by atoms with Crippen molar-refractivity contribution in [1.82, 2.24) is 0 Å². The smallest absolute Gasteiger partial charge is 0.386 e. The molecule has 176 valence electrons. The summed E-state index contributed by atoms with van der Waals surface area (Å²) in [7, 11) is -4.10. The minimum absolute atomic E-state index is 0.00852. The van der Waals surface area contributed by atoms with Crippen LogP contribution in [0.3, 0.4) is 0 Å². The Balaban J connectivity index is 1.49. The van der Waals surface area contributed by atoms with Crippen LogP contribution in [-0.2, 0) is 9.98 Å². The molecule has 0 aliphatic carbocycles. The van der Waals surface area contributed by atoms with Gasteiger partial charge in [0, 0.05) is 0 Å². The maximum absolute atomic E-state index is 14.0. The highest BCUT2D eigenvalue weighted by atomic mass is 31.2. The lowest BCUT2D eigenvalue weighted by Gasteiger charge is -2.21. The quantitative estimate of drug-likeness (QED) is 0.227. The molecule has 0 unspecified atom stereocenters. The largest absolute Gasteiger partial charge is 0.647 e. The minimum atomic E-state index is -4.10. The summed E-state index contributed by atoms with van der Waals surface area (Å²) in [5.41, 5.74) is 1.14. The maximum atomic E-state index is 14.0. The second-order valence-corrected chi connectivity index (χ2v) is 11.0. The first-order chi connectivity index (χ1) is 16.8. The van der Waals surface area contributed by atoms with Crippen molar-refractivity contribution >= 4 is 29.4 Å². The number of hydrogen-bond donors (Lipinski definition) is 0. The van der Waals surface area contributed by atoms with Crippen molar-refractivity contribution in [1.29, 1.82) is 0 Å². The molecule has 0 N–H and O–H groups in total. The molecule has 5 heteroatoms. The van der Waals surface area contributed by atoms with Crippen LogP contribution in [0.4, 0.5) is 0 Å². The Morgan fingerprint density at radius 3 is 1.37 bits per heavy atom. The minimum Gasteiger partial charge on any atom is -0.386 e. The highest BCUT2D eigenvalue weighted by Gasteiger charge is 2.33. The van der Waals surface area contributed by atoms with E-state index >= 15 is 0 Å². The highest BCUT2D eigenvalue weighted by molar-refractivity contribution is 7.49. The molecule has 0 aromatic heterocycles. The van der Waals surface area contributed by atoms with E-state index in [1.165, 1.54) is 0 Å². The molecule has 0 saturated heterocycles. The zero-order valence-electron chi connectivity index (χ0n) is 20.0. The Bertz CT molecular complexity index is 1450. The Hall–Kier alpha value is -3.75. The summed E-state index contributed by atoms with van der Waals surface area (Å²) in [5.74, 6) is 1.21. The van der Waals surface area contributed by atoms with Gasteiger partial charge in [-0.25, -0.2) is 0 Å². The molecule has 0 fully saturated rings. The first kappa shape index (κ1) is 23.0. The first-order valence-electron chi connectivity index (χ1n) is 11.5. The molecule has 5 aromatic rings. The molecule has 0 amide bonds. The average Bonchev–Trinajstić information content (AvgIpc) is 2.83. The van der Waals surface area contributed by atoms with E-state index in [0.29, 0.717) is 17.2 Å². The van der Waals surface area contributed by atoms with Crippen LogP contribution < -0.4 is 13.6 Å². The predicted octanol–water partition coefficient (Wildman–Crippen LogP) is 8.94. The monoisotopic (exact) mass is 482 g/mol. The van der Waals surface area contributed by atoms with E-state index in [4.69, 9.17) is 13.6 Å². The zero-order chi connectivity index (χ0) is 24.5. The SMILES string of the molecule is CC(C)(C)c1ccc(OP(=O)(Oc2ccc3ccccc3c2)Oc2ccc3ccccc3c2)cc1. The van der Waals surface area contributed by atoms with Crippen molar-refractivity contribution in [3.8, 4) is 17.2 Å². The van der Waals surface area contributed by atoms with E-state index in [-0.39, 0.29) is 5.41 Å². The standard InChI is InChI=1S/C30H27O4P/c1-30(2,3)26-14-18-27(19-15-26)32-35(31,33-28-16-12-22-8-4-6-10-24(22)20-28)34-29-17-13-23-9-5-7-11-25(23)21-29/h4-21H,1-3H3. The van der Waals surface area contributed by atoms with E-state index in [9.17, 15) is 4.57 Å². The lowest BCUT2D eigenvalue weighted by Crippen LogP contribution is -2.11. The number of phosphoric acid groups is 1. The second kappa shape index (κ2) is 9.13. The third kappa shape index (κ3) is 5.34. The third-order valence-electron chi connectivity index (χ3n) is 5.81. The number of rotatable bonds is 6. The lowest BCUT2D eigenvalue weighted by molar-refractivity contribution is 0.298. The van der Waals surface area contributed by atoms with Gasteiger partial charge < -0.3 is 13.6 Å². The van der Waals surface area contributed by atoms with E-state index < -0.39 is 7.82 Å².